The van der Waals surface area contributed by atoms with E-state index in [4.69, 9.17) is 27.6 Å². The lowest BCUT2D eigenvalue weighted by Gasteiger charge is -1.97. The van der Waals surface area contributed by atoms with Crippen molar-refractivity contribution < 1.29 is 4.42 Å². The van der Waals surface area contributed by atoms with Gasteiger partial charge in [-0.15, -0.1) is 21.8 Å². The van der Waals surface area contributed by atoms with E-state index >= 15 is 0 Å². The molecule has 0 aliphatic heterocycles. The molecule has 15 heavy (non-hydrogen) atoms. The van der Waals surface area contributed by atoms with Gasteiger partial charge in [-0.05, 0) is 18.2 Å². The normalized spacial score (nSPS) is 10.6. The zero-order valence-corrected chi connectivity index (χ0v) is 10.5. The van der Waals surface area contributed by atoms with Gasteiger partial charge in [0.25, 0.3) is 0 Å². The fraction of sp³-hybridized carbons (Fsp3) is 0.111. The fourth-order valence-electron chi connectivity index (χ4n) is 1.10. The Morgan fingerprint density at radius 3 is 2.67 bits per heavy atom. The number of aromatic nitrogens is 2. The average molecular weight is 308 g/mol. The van der Waals surface area contributed by atoms with E-state index in [0.29, 0.717) is 16.8 Å². The van der Waals surface area contributed by atoms with Crippen LogP contribution in [0.2, 0.25) is 5.02 Å². The van der Waals surface area contributed by atoms with Gasteiger partial charge in [0.05, 0.1) is 0 Å². The standard InChI is InChI=1S/C9H5BrCl2N2O/c10-6-1-5(2-7(12)3-6)9-14-13-8(4-11)15-9/h1-3H,4H2. The molecule has 1 aromatic heterocycles. The van der Waals surface area contributed by atoms with Gasteiger partial charge in [0.15, 0.2) is 0 Å². The second kappa shape index (κ2) is 4.51. The lowest BCUT2D eigenvalue weighted by Crippen LogP contribution is -1.78. The molecule has 0 radical (unpaired) electrons. The van der Waals surface area contributed by atoms with Crippen molar-refractivity contribution in [3.63, 3.8) is 0 Å². The lowest BCUT2D eigenvalue weighted by molar-refractivity contribution is 0.527. The smallest absolute Gasteiger partial charge is 0.247 e. The summed E-state index contributed by atoms with van der Waals surface area (Å²) >= 11 is 14.8. The van der Waals surface area contributed by atoms with Gasteiger partial charge in [-0.25, -0.2) is 0 Å². The van der Waals surface area contributed by atoms with Crippen molar-refractivity contribution in [1.29, 1.82) is 0 Å². The van der Waals surface area contributed by atoms with Crippen molar-refractivity contribution in [3.8, 4) is 11.5 Å². The Hall–Kier alpha value is -0.580. The zero-order valence-electron chi connectivity index (χ0n) is 7.38. The molecule has 2 aromatic rings. The number of alkyl halides is 1. The fourth-order valence-corrected chi connectivity index (χ4v) is 2.07. The molecule has 0 unspecified atom stereocenters. The minimum absolute atomic E-state index is 0.203. The maximum absolute atomic E-state index is 5.89. The Morgan fingerprint density at radius 1 is 1.27 bits per heavy atom. The van der Waals surface area contributed by atoms with Crippen molar-refractivity contribution >= 4 is 39.1 Å². The molecular formula is C9H5BrCl2N2O. The molecule has 0 aliphatic rings. The molecule has 2 rings (SSSR count). The predicted octanol–water partition coefficient (Wildman–Crippen LogP) is 3.89. The molecule has 1 heterocycles. The summed E-state index contributed by atoms with van der Waals surface area (Å²) in [6, 6.07) is 5.37. The van der Waals surface area contributed by atoms with Crippen molar-refractivity contribution in [2.45, 2.75) is 5.88 Å². The topological polar surface area (TPSA) is 38.9 Å². The van der Waals surface area contributed by atoms with Crippen molar-refractivity contribution in [2.24, 2.45) is 0 Å². The van der Waals surface area contributed by atoms with E-state index in [1.165, 1.54) is 0 Å². The van der Waals surface area contributed by atoms with E-state index in [2.05, 4.69) is 26.1 Å². The van der Waals surface area contributed by atoms with Gasteiger partial charge < -0.3 is 4.42 Å². The van der Waals surface area contributed by atoms with Gasteiger partial charge in [0, 0.05) is 15.1 Å². The summed E-state index contributed by atoms with van der Waals surface area (Å²) in [5, 5.41) is 8.22. The summed E-state index contributed by atoms with van der Waals surface area (Å²) in [6.07, 6.45) is 0. The van der Waals surface area contributed by atoms with Gasteiger partial charge in [-0.3, -0.25) is 0 Å². The predicted molar refractivity (Wildman–Crippen MR) is 62.0 cm³/mol. The van der Waals surface area contributed by atoms with Crippen LogP contribution in [0.3, 0.4) is 0 Å². The van der Waals surface area contributed by atoms with Gasteiger partial charge in [0.2, 0.25) is 11.8 Å². The highest BCUT2D eigenvalue weighted by molar-refractivity contribution is 9.10. The van der Waals surface area contributed by atoms with Crippen LogP contribution in [0, 0.1) is 0 Å². The first-order valence-electron chi connectivity index (χ1n) is 4.04. The molecule has 0 aliphatic carbocycles. The van der Waals surface area contributed by atoms with E-state index in [-0.39, 0.29) is 5.88 Å². The van der Waals surface area contributed by atoms with E-state index in [0.717, 1.165) is 10.0 Å². The minimum Gasteiger partial charge on any atom is -0.419 e. The summed E-state index contributed by atoms with van der Waals surface area (Å²) in [6.45, 7) is 0. The Bertz CT molecular complexity index is 466. The SMILES string of the molecule is ClCc1nnc(-c2cc(Cl)cc(Br)c2)o1. The van der Waals surface area contributed by atoms with Crippen LogP contribution >= 0.6 is 39.1 Å². The molecule has 6 heteroatoms. The molecule has 0 saturated carbocycles. The first-order chi connectivity index (χ1) is 7.19. The molecular weight excluding hydrogens is 303 g/mol. The molecule has 0 amide bonds. The Morgan fingerprint density at radius 2 is 2.07 bits per heavy atom. The van der Waals surface area contributed by atoms with E-state index < -0.39 is 0 Å². The van der Waals surface area contributed by atoms with E-state index in [1.54, 1.807) is 12.1 Å². The number of hydrogen-bond donors (Lipinski definition) is 0. The maximum Gasteiger partial charge on any atom is 0.247 e. The van der Waals surface area contributed by atoms with Crippen molar-refractivity contribution in [1.82, 2.24) is 10.2 Å². The molecule has 0 atom stereocenters. The highest BCUT2D eigenvalue weighted by atomic mass is 79.9. The summed E-state index contributed by atoms with van der Waals surface area (Å²) < 4.78 is 6.15. The third-order valence-electron chi connectivity index (χ3n) is 1.69. The van der Waals surface area contributed by atoms with Gasteiger partial charge in [0.1, 0.15) is 5.88 Å². The van der Waals surface area contributed by atoms with Gasteiger partial charge >= 0.3 is 0 Å². The lowest BCUT2D eigenvalue weighted by atomic mass is 10.2. The Labute approximate surface area is 105 Å². The summed E-state index contributed by atoms with van der Waals surface area (Å²) in [5.41, 5.74) is 0.762. The Kier molecular flexibility index (Phi) is 3.29. The molecule has 0 bridgehead atoms. The van der Waals surface area contributed by atoms with E-state index in [9.17, 15) is 0 Å². The minimum atomic E-state index is 0.203. The number of hydrogen-bond acceptors (Lipinski definition) is 3. The molecule has 78 valence electrons. The van der Waals surface area contributed by atoms with Crippen LogP contribution in [0.1, 0.15) is 5.89 Å². The van der Waals surface area contributed by atoms with Crippen molar-refractivity contribution in [2.75, 3.05) is 0 Å². The van der Waals surface area contributed by atoms with E-state index in [1.807, 2.05) is 6.07 Å². The number of benzene rings is 1. The Balaban J connectivity index is 2.44. The van der Waals surface area contributed by atoms with Crippen LogP contribution in [-0.4, -0.2) is 10.2 Å². The molecule has 1 aromatic carbocycles. The second-order valence-electron chi connectivity index (χ2n) is 2.79. The number of nitrogens with zero attached hydrogens (tertiary/aromatic N) is 2. The summed E-state index contributed by atoms with van der Waals surface area (Å²) in [4.78, 5) is 0. The highest BCUT2D eigenvalue weighted by Crippen LogP contribution is 2.26. The van der Waals surface area contributed by atoms with Gasteiger partial charge in [-0.2, -0.15) is 0 Å². The number of halogens is 3. The summed E-state index contributed by atoms with van der Waals surface area (Å²) in [7, 11) is 0. The third kappa shape index (κ3) is 2.51. The average Bonchev–Trinajstić information content (AvgIpc) is 2.64. The largest absolute Gasteiger partial charge is 0.419 e. The van der Waals surface area contributed by atoms with Crippen LogP contribution in [-0.2, 0) is 5.88 Å². The first kappa shape index (κ1) is 10.9. The molecule has 0 fully saturated rings. The molecule has 0 spiro atoms. The summed E-state index contributed by atoms with van der Waals surface area (Å²) in [5.74, 6) is 1.01. The first-order valence-corrected chi connectivity index (χ1v) is 5.74. The molecule has 0 saturated heterocycles. The van der Waals surface area contributed by atoms with Crippen molar-refractivity contribution in [3.05, 3.63) is 33.6 Å². The molecule has 0 N–H and O–H groups in total. The molecule has 3 nitrogen and oxygen atoms in total. The van der Waals surface area contributed by atoms with Gasteiger partial charge in [-0.1, -0.05) is 27.5 Å². The third-order valence-corrected chi connectivity index (χ3v) is 2.60. The number of rotatable bonds is 2. The van der Waals surface area contributed by atoms with Crippen LogP contribution in [0.25, 0.3) is 11.5 Å². The van der Waals surface area contributed by atoms with Crippen LogP contribution in [0.15, 0.2) is 27.1 Å². The van der Waals surface area contributed by atoms with Crippen LogP contribution in [0.5, 0.6) is 0 Å². The highest BCUT2D eigenvalue weighted by Gasteiger charge is 2.08. The quantitative estimate of drug-likeness (QED) is 0.790. The zero-order chi connectivity index (χ0) is 10.8. The monoisotopic (exact) mass is 306 g/mol. The maximum atomic E-state index is 5.89. The van der Waals surface area contributed by atoms with Crippen LogP contribution in [0.4, 0.5) is 0 Å². The second-order valence-corrected chi connectivity index (χ2v) is 4.41. The van der Waals surface area contributed by atoms with Crippen LogP contribution < -0.4 is 0 Å².